The van der Waals surface area contributed by atoms with E-state index in [4.69, 9.17) is 10.2 Å². The van der Waals surface area contributed by atoms with E-state index in [2.05, 4.69) is 42.9 Å². The lowest BCUT2D eigenvalue weighted by Crippen LogP contribution is -2.21. The molecule has 1 amide bonds. The van der Waals surface area contributed by atoms with Crippen molar-refractivity contribution in [1.82, 2.24) is 15.1 Å². The van der Waals surface area contributed by atoms with Crippen molar-refractivity contribution in [3.63, 3.8) is 0 Å². The highest BCUT2D eigenvalue weighted by molar-refractivity contribution is 5.90. The highest BCUT2D eigenvalue weighted by atomic mass is 16.4. The number of hydrogen-bond acceptors (Lipinski definition) is 4. The SMILES string of the molecule is CN(Cc1cc(C(N)=O)oc1C(C)(C)C)Cc1n[nH]c2c1CCC2. The maximum Gasteiger partial charge on any atom is 0.284 e. The van der Waals surface area contributed by atoms with Gasteiger partial charge in [-0.25, -0.2) is 0 Å². The molecule has 0 spiro atoms. The smallest absolute Gasteiger partial charge is 0.284 e. The zero-order valence-electron chi connectivity index (χ0n) is 14.9. The topological polar surface area (TPSA) is 88.2 Å². The standard InChI is InChI=1S/C18H26N4O2/c1-18(2,3)16-11(8-15(24-16)17(19)23)9-22(4)10-14-12-6-5-7-13(12)20-21-14/h8H,5-7,9-10H2,1-4H3,(H2,19,23)(H,20,21). The summed E-state index contributed by atoms with van der Waals surface area (Å²) in [5.41, 5.74) is 9.99. The third kappa shape index (κ3) is 3.24. The molecule has 6 nitrogen and oxygen atoms in total. The Morgan fingerprint density at radius 2 is 2.12 bits per heavy atom. The molecule has 0 saturated heterocycles. The molecular weight excluding hydrogens is 304 g/mol. The average molecular weight is 330 g/mol. The van der Waals surface area contributed by atoms with Crippen molar-refractivity contribution in [1.29, 1.82) is 0 Å². The number of nitrogens with two attached hydrogens (primary N) is 1. The van der Waals surface area contributed by atoms with Gasteiger partial charge in [0.25, 0.3) is 5.91 Å². The fraction of sp³-hybridized carbons (Fsp3) is 0.556. The Morgan fingerprint density at radius 3 is 2.79 bits per heavy atom. The van der Waals surface area contributed by atoms with Crippen LogP contribution in [0.3, 0.4) is 0 Å². The maximum atomic E-state index is 11.5. The summed E-state index contributed by atoms with van der Waals surface area (Å²) < 4.78 is 5.73. The van der Waals surface area contributed by atoms with Gasteiger partial charge in [0.15, 0.2) is 5.76 Å². The van der Waals surface area contributed by atoms with Crippen LogP contribution in [0, 0.1) is 0 Å². The summed E-state index contributed by atoms with van der Waals surface area (Å²) in [6.07, 6.45) is 3.42. The van der Waals surface area contributed by atoms with E-state index in [1.807, 2.05) is 0 Å². The van der Waals surface area contributed by atoms with Crippen LogP contribution in [0.5, 0.6) is 0 Å². The number of amides is 1. The molecule has 2 aromatic heterocycles. The Hall–Kier alpha value is -2.08. The number of carbonyl (C=O) groups excluding carboxylic acids is 1. The first-order valence-corrected chi connectivity index (χ1v) is 8.42. The Balaban J connectivity index is 1.78. The number of hydrogen-bond donors (Lipinski definition) is 2. The van der Waals surface area contributed by atoms with E-state index < -0.39 is 5.91 Å². The van der Waals surface area contributed by atoms with Gasteiger partial charge in [-0.3, -0.25) is 14.8 Å². The minimum absolute atomic E-state index is 0.183. The number of aryl methyl sites for hydroxylation is 1. The van der Waals surface area contributed by atoms with Crippen molar-refractivity contribution in [3.8, 4) is 0 Å². The van der Waals surface area contributed by atoms with Crippen LogP contribution >= 0.6 is 0 Å². The predicted molar refractivity (Wildman–Crippen MR) is 91.7 cm³/mol. The molecule has 0 radical (unpaired) electrons. The summed E-state index contributed by atoms with van der Waals surface area (Å²) >= 11 is 0. The second-order valence-electron chi connectivity index (χ2n) is 7.73. The number of aromatic amines is 1. The minimum atomic E-state index is -0.528. The van der Waals surface area contributed by atoms with Crippen LogP contribution in [-0.4, -0.2) is 28.1 Å². The normalized spacial score (nSPS) is 14.4. The minimum Gasteiger partial charge on any atom is -0.455 e. The lowest BCUT2D eigenvalue weighted by Gasteiger charge is -2.21. The van der Waals surface area contributed by atoms with Gasteiger partial charge in [0.2, 0.25) is 0 Å². The second kappa shape index (κ2) is 6.09. The number of fused-ring (bicyclic) bond motifs is 1. The molecule has 6 heteroatoms. The first kappa shape index (κ1) is 16.8. The first-order valence-electron chi connectivity index (χ1n) is 8.42. The summed E-state index contributed by atoms with van der Waals surface area (Å²) in [5.74, 6) is 0.513. The van der Waals surface area contributed by atoms with Crippen molar-refractivity contribution in [2.24, 2.45) is 5.73 Å². The van der Waals surface area contributed by atoms with Crippen LogP contribution in [0.2, 0.25) is 0 Å². The lowest BCUT2D eigenvalue weighted by molar-refractivity contribution is 0.0970. The van der Waals surface area contributed by atoms with E-state index >= 15 is 0 Å². The van der Waals surface area contributed by atoms with Crippen molar-refractivity contribution in [3.05, 3.63) is 40.1 Å². The molecule has 24 heavy (non-hydrogen) atoms. The molecule has 2 aromatic rings. The van der Waals surface area contributed by atoms with Gasteiger partial charge in [-0.15, -0.1) is 0 Å². The number of nitrogens with zero attached hydrogens (tertiary/aromatic N) is 2. The molecule has 0 aromatic carbocycles. The summed E-state index contributed by atoms with van der Waals surface area (Å²) in [7, 11) is 2.05. The first-order chi connectivity index (χ1) is 11.3. The molecule has 3 rings (SSSR count). The third-order valence-corrected chi connectivity index (χ3v) is 4.48. The quantitative estimate of drug-likeness (QED) is 0.882. The van der Waals surface area contributed by atoms with E-state index in [0.717, 1.165) is 36.4 Å². The summed E-state index contributed by atoms with van der Waals surface area (Å²) in [6.45, 7) is 7.67. The van der Waals surface area contributed by atoms with Crippen LogP contribution in [0.15, 0.2) is 10.5 Å². The van der Waals surface area contributed by atoms with Crippen LogP contribution in [0.1, 0.15) is 66.0 Å². The zero-order chi connectivity index (χ0) is 17.5. The Labute approximate surface area is 142 Å². The lowest BCUT2D eigenvalue weighted by atomic mass is 9.90. The van der Waals surface area contributed by atoms with Crippen molar-refractivity contribution < 1.29 is 9.21 Å². The number of rotatable bonds is 5. The van der Waals surface area contributed by atoms with Gasteiger partial charge in [0, 0.05) is 29.8 Å². The molecule has 130 valence electrons. The number of aromatic nitrogens is 2. The largest absolute Gasteiger partial charge is 0.455 e. The van der Waals surface area contributed by atoms with Crippen LogP contribution < -0.4 is 5.73 Å². The van der Waals surface area contributed by atoms with Gasteiger partial charge in [-0.2, -0.15) is 5.10 Å². The highest BCUT2D eigenvalue weighted by Crippen LogP contribution is 2.30. The van der Waals surface area contributed by atoms with Gasteiger partial charge < -0.3 is 10.2 Å². The molecule has 2 heterocycles. The molecule has 0 saturated carbocycles. The van der Waals surface area contributed by atoms with E-state index in [1.165, 1.54) is 17.7 Å². The Kier molecular flexibility index (Phi) is 4.25. The Morgan fingerprint density at radius 1 is 1.38 bits per heavy atom. The van der Waals surface area contributed by atoms with Gasteiger partial charge >= 0.3 is 0 Å². The van der Waals surface area contributed by atoms with E-state index in [9.17, 15) is 4.79 Å². The number of primary amides is 1. The fourth-order valence-electron chi connectivity index (χ4n) is 3.42. The van der Waals surface area contributed by atoms with E-state index in [1.54, 1.807) is 6.07 Å². The number of H-pyrrole nitrogens is 1. The van der Waals surface area contributed by atoms with Crippen molar-refractivity contribution in [2.75, 3.05) is 7.05 Å². The summed E-state index contributed by atoms with van der Waals surface area (Å²) in [6, 6.07) is 1.77. The van der Waals surface area contributed by atoms with Gasteiger partial charge in [-0.1, -0.05) is 20.8 Å². The molecule has 0 atom stereocenters. The molecule has 0 fully saturated rings. The van der Waals surface area contributed by atoms with Gasteiger partial charge in [-0.05, 0) is 37.9 Å². The second-order valence-corrected chi connectivity index (χ2v) is 7.73. The number of nitrogens with one attached hydrogen (secondary N) is 1. The molecule has 1 aliphatic carbocycles. The predicted octanol–water partition coefficient (Wildman–Crippen LogP) is 2.52. The average Bonchev–Trinajstić information content (AvgIpc) is 3.14. The number of furan rings is 1. The third-order valence-electron chi connectivity index (χ3n) is 4.48. The molecular formula is C18H26N4O2. The molecule has 0 unspecified atom stereocenters. The summed E-state index contributed by atoms with van der Waals surface area (Å²) in [5, 5.41) is 7.61. The van der Waals surface area contributed by atoms with Crippen molar-refractivity contribution in [2.45, 2.75) is 58.5 Å². The molecule has 0 bridgehead atoms. The monoisotopic (exact) mass is 330 g/mol. The van der Waals surface area contributed by atoms with Crippen LogP contribution in [0.25, 0.3) is 0 Å². The number of carbonyl (C=O) groups is 1. The highest BCUT2D eigenvalue weighted by Gasteiger charge is 2.26. The van der Waals surface area contributed by atoms with Gasteiger partial charge in [0.05, 0.1) is 5.69 Å². The Bertz CT molecular complexity index is 752. The maximum absolute atomic E-state index is 11.5. The zero-order valence-corrected chi connectivity index (χ0v) is 14.9. The van der Waals surface area contributed by atoms with Gasteiger partial charge in [0.1, 0.15) is 5.76 Å². The molecule has 0 aliphatic heterocycles. The molecule has 3 N–H and O–H groups in total. The molecule has 1 aliphatic rings. The summed E-state index contributed by atoms with van der Waals surface area (Å²) in [4.78, 5) is 13.7. The van der Waals surface area contributed by atoms with E-state index in [-0.39, 0.29) is 11.2 Å². The van der Waals surface area contributed by atoms with Crippen LogP contribution in [0.4, 0.5) is 0 Å². The fourth-order valence-corrected chi connectivity index (χ4v) is 3.42. The van der Waals surface area contributed by atoms with E-state index in [0.29, 0.717) is 6.54 Å². The van der Waals surface area contributed by atoms with Crippen LogP contribution in [-0.2, 0) is 31.3 Å². The van der Waals surface area contributed by atoms with Crippen molar-refractivity contribution >= 4 is 5.91 Å².